The molecule has 0 atom stereocenters. The Balaban J connectivity index is 1.31. The molecule has 170 valence electrons. The first-order valence-electron chi connectivity index (χ1n) is 11.0. The van der Waals surface area contributed by atoms with E-state index in [1.165, 1.54) is 0 Å². The quantitative estimate of drug-likeness (QED) is 0.182. The second-order valence-electron chi connectivity index (χ2n) is 7.38. The lowest BCUT2D eigenvalue weighted by Gasteiger charge is -2.11. The summed E-state index contributed by atoms with van der Waals surface area (Å²) < 4.78 is 5.34. The van der Waals surface area contributed by atoms with Crippen LogP contribution < -0.4 is 11.2 Å². The fraction of sp³-hybridized carbons (Fsp3) is 0.231. The number of ether oxygens (including phenoxy) is 1. The molecule has 3 aromatic rings. The van der Waals surface area contributed by atoms with Crippen LogP contribution in [0.15, 0.2) is 89.2 Å². The van der Waals surface area contributed by atoms with Crippen molar-refractivity contribution in [2.24, 2.45) is 15.9 Å². The summed E-state index contributed by atoms with van der Waals surface area (Å²) in [6.45, 7) is 1.07. The molecule has 0 unspecified atom stereocenters. The molecule has 0 aliphatic heterocycles. The molecule has 3 N–H and O–H groups in total. The van der Waals surface area contributed by atoms with E-state index in [4.69, 9.17) is 10.6 Å². The number of carbonyl (C=O) groups is 1. The van der Waals surface area contributed by atoms with Gasteiger partial charge in [0.25, 0.3) is 0 Å². The maximum Gasteiger partial charge on any atom is 0.411 e. The highest BCUT2D eigenvalue weighted by molar-refractivity contribution is 6.38. The SMILES string of the molecule is NN=C(C=NCCCCCCOC(=O)Nc1ccccc1-c1ccccc1)c1cccnc1. The van der Waals surface area contributed by atoms with Crippen molar-refractivity contribution in [1.82, 2.24) is 4.98 Å². The lowest BCUT2D eigenvalue weighted by molar-refractivity contribution is 0.159. The van der Waals surface area contributed by atoms with E-state index < -0.39 is 6.09 Å². The number of aromatic nitrogens is 1. The second-order valence-corrected chi connectivity index (χ2v) is 7.38. The highest BCUT2D eigenvalue weighted by atomic mass is 16.5. The van der Waals surface area contributed by atoms with Gasteiger partial charge in [0.1, 0.15) is 5.71 Å². The van der Waals surface area contributed by atoms with Crippen molar-refractivity contribution in [2.75, 3.05) is 18.5 Å². The van der Waals surface area contributed by atoms with Crippen molar-refractivity contribution in [3.8, 4) is 11.1 Å². The number of benzene rings is 2. The fourth-order valence-electron chi connectivity index (χ4n) is 3.28. The Morgan fingerprint density at radius 1 is 0.970 bits per heavy atom. The minimum atomic E-state index is -0.438. The first-order valence-corrected chi connectivity index (χ1v) is 11.0. The van der Waals surface area contributed by atoms with Crippen LogP contribution in [0.2, 0.25) is 0 Å². The van der Waals surface area contributed by atoms with E-state index in [2.05, 4.69) is 20.4 Å². The van der Waals surface area contributed by atoms with Crippen molar-refractivity contribution in [3.63, 3.8) is 0 Å². The number of aliphatic imine (C=N–C) groups is 1. The number of nitrogens with two attached hydrogens (primary N) is 1. The van der Waals surface area contributed by atoms with Crippen LogP contribution in [0, 0.1) is 0 Å². The Hall–Kier alpha value is -4.00. The van der Waals surface area contributed by atoms with E-state index in [9.17, 15) is 4.79 Å². The average Bonchev–Trinajstić information content (AvgIpc) is 2.86. The molecular weight excluding hydrogens is 414 g/mol. The smallest absolute Gasteiger partial charge is 0.411 e. The molecule has 33 heavy (non-hydrogen) atoms. The molecule has 3 rings (SSSR count). The van der Waals surface area contributed by atoms with E-state index in [0.717, 1.165) is 48.1 Å². The number of hydrogen-bond donors (Lipinski definition) is 2. The summed E-state index contributed by atoms with van der Waals surface area (Å²) in [7, 11) is 0. The first-order chi connectivity index (χ1) is 16.3. The van der Waals surface area contributed by atoms with Gasteiger partial charge in [0.05, 0.1) is 12.3 Å². The van der Waals surface area contributed by atoms with E-state index >= 15 is 0 Å². The van der Waals surface area contributed by atoms with Gasteiger partial charge in [0, 0.05) is 36.3 Å². The average molecular weight is 444 g/mol. The van der Waals surface area contributed by atoms with Crippen LogP contribution in [0.5, 0.6) is 0 Å². The predicted molar refractivity (Wildman–Crippen MR) is 134 cm³/mol. The van der Waals surface area contributed by atoms with Crippen molar-refractivity contribution < 1.29 is 9.53 Å². The third-order valence-corrected chi connectivity index (χ3v) is 4.97. The molecule has 0 bridgehead atoms. The number of hydrazone groups is 1. The van der Waals surface area contributed by atoms with Crippen LogP contribution in [0.3, 0.4) is 0 Å². The Morgan fingerprint density at radius 2 is 1.76 bits per heavy atom. The van der Waals surface area contributed by atoms with Crippen LogP contribution in [0.25, 0.3) is 11.1 Å². The number of nitrogens with one attached hydrogen (secondary N) is 1. The largest absolute Gasteiger partial charge is 0.449 e. The van der Waals surface area contributed by atoms with Crippen LogP contribution >= 0.6 is 0 Å². The highest BCUT2D eigenvalue weighted by Crippen LogP contribution is 2.27. The van der Waals surface area contributed by atoms with Gasteiger partial charge in [-0.1, -0.05) is 55.0 Å². The monoisotopic (exact) mass is 443 g/mol. The lowest BCUT2D eigenvalue weighted by Crippen LogP contribution is -2.15. The summed E-state index contributed by atoms with van der Waals surface area (Å²) in [6, 6.07) is 21.4. The van der Waals surface area contributed by atoms with Gasteiger partial charge in [-0.3, -0.25) is 15.3 Å². The van der Waals surface area contributed by atoms with Gasteiger partial charge < -0.3 is 10.6 Å². The number of hydrogen-bond acceptors (Lipinski definition) is 6. The number of unbranched alkanes of at least 4 members (excludes halogenated alkanes) is 3. The normalized spacial score (nSPS) is 11.5. The zero-order valence-electron chi connectivity index (χ0n) is 18.6. The topological polar surface area (TPSA) is 102 Å². The molecule has 1 amide bonds. The number of amides is 1. The Bertz CT molecular complexity index is 1050. The van der Waals surface area contributed by atoms with Gasteiger partial charge in [-0.15, -0.1) is 0 Å². The molecule has 0 aliphatic carbocycles. The van der Waals surface area contributed by atoms with Gasteiger partial charge >= 0.3 is 6.09 Å². The van der Waals surface area contributed by atoms with Gasteiger partial charge in [-0.25, -0.2) is 4.79 Å². The third-order valence-electron chi connectivity index (χ3n) is 4.97. The Kier molecular flexibility index (Phi) is 9.62. The molecule has 0 spiro atoms. The van der Waals surface area contributed by atoms with Crippen LogP contribution in [0.4, 0.5) is 10.5 Å². The summed E-state index contributed by atoms with van der Waals surface area (Å²) in [5, 5.41) is 6.61. The molecule has 1 aromatic heterocycles. The summed E-state index contributed by atoms with van der Waals surface area (Å²) in [4.78, 5) is 20.6. The fourth-order valence-corrected chi connectivity index (χ4v) is 3.28. The third kappa shape index (κ3) is 7.88. The van der Waals surface area contributed by atoms with Crippen LogP contribution in [-0.2, 0) is 4.74 Å². The molecule has 0 saturated heterocycles. The van der Waals surface area contributed by atoms with Crippen LogP contribution in [0.1, 0.15) is 31.2 Å². The van der Waals surface area contributed by atoms with Gasteiger partial charge in [0.15, 0.2) is 0 Å². The summed E-state index contributed by atoms with van der Waals surface area (Å²) in [6.07, 6.45) is 8.36. The Labute approximate surface area is 194 Å². The maximum absolute atomic E-state index is 12.2. The predicted octanol–water partition coefficient (Wildman–Crippen LogP) is 5.29. The minimum absolute atomic E-state index is 0.383. The van der Waals surface area contributed by atoms with E-state index in [1.807, 2.05) is 66.7 Å². The maximum atomic E-state index is 12.2. The summed E-state index contributed by atoms with van der Waals surface area (Å²) >= 11 is 0. The van der Waals surface area contributed by atoms with E-state index in [1.54, 1.807) is 18.6 Å². The first kappa shape index (κ1) is 23.7. The summed E-state index contributed by atoms with van der Waals surface area (Å²) in [5.74, 6) is 5.43. The number of anilines is 1. The zero-order valence-corrected chi connectivity index (χ0v) is 18.6. The highest BCUT2D eigenvalue weighted by Gasteiger charge is 2.08. The number of carbonyl (C=O) groups excluding carboxylic acids is 1. The van der Waals surface area contributed by atoms with Gasteiger partial charge in [-0.05, 0) is 43.0 Å². The van der Waals surface area contributed by atoms with Crippen molar-refractivity contribution in [2.45, 2.75) is 25.7 Å². The van der Waals surface area contributed by atoms with Crippen molar-refractivity contribution in [3.05, 3.63) is 84.7 Å². The van der Waals surface area contributed by atoms with Gasteiger partial charge in [0.2, 0.25) is 0 Å². The van der Waals surface area contributed by atoms with Crippen molar-refractivity contribution in [1.29, 1.82) is 0 Å². The molecule has 2 aromatic carbocycles. The number of nitrogens with zero attached hydrogens (tertiary/aromatic N) is 3. The number of pyridine rings is 1. The number of rotatable bonds is 11. The van der Waals surface area contributed by atoms with Crippen LogP contribution in [-0.4, -0.2) is 36.2 Å². The van der Waals surface area contributed by atoms with Gasteiger partial charge in [-0.2, -0.15) is 5.10 Å². The molecule has 7 heteroatoms. The zero-order chi connectivity index (χ0) is 23.1. The molecule has 0 aliphatic rings. The Morgan fingerprint density at radius 3 is 2.55 bits per heavy atom. The molecule has 0 saturated carbocycles. The summed E-state index contributed by atoms with van der Waals surface area (Å²) in [5.41, 5.74) is 4.18. The second kappa shape index (κ2) is 13.4. The van der Waals surface area contributed by atoms with E-state index in [0.29, 0.717) is 18.9 Å². The standard InChI is InChI=1S/C26H29N5O2/c27-31-25(22-13-10-17-28-19-22)20-29-16-8-1-2-9-18-33-26(32)30-24-15-7-6-14-23(24)21-11-4-3-5-12-21/h3-7,10-15,17,19-20H,1-2,8-9,16,18,27H2,(H,30,32). The molecule has 1 heterocycles. The van der Waals surface area contributed by atoms with Crippen molar-refractivity contribution >= 4 is 23.7 Å². The molecule has 0 fully saturated rings. The molecular formula is C26H29N5O2. The molecule has 7 nitrogen and oxygen atoms in total. The lowest BCUT2D eigenvalue weighted by atomic mass is 10.0. The minimum Gasteiger partial charge on any atom is -0.449 e. The van der Waals surface area contributed by atoms with E-state index in [-0.39, 0.29) is 0 Å². The molecule has 0 radical (unpaired) electrons. The number of para-hydroxylation sites is 1.